The number of carbonyl (C=O) groups is 1. The van der Waals surface area contributed by atoms with E-state index in [9.17, 15) is 26.4 Å². The van der Waals surface area contributed by atoms with Crippen molar-refractivity contribution in [2.75, 3.05) is 10.0 Å². The number of carbonyl (C=O) groups excluding carboxylic acids is 1. The van der Waals surface area contributed by atoms with Gasteiger partial charge in [-0.15, -0.1) is 0 Å². The summed E-state index contributed by atoms with van der Waals surface area (Å²) in [4.78, 5) is 11.7. The normalized spacial score (nSPS) is 11.2. The van der Waals surface area contributed by atoms with Gasteiger partial charge in [-0.25, -0.2) is 21.6 Å². The summed E-state index contributed by atoms with van der Waals surface area (Å²) < 4.78 is 67.8. The van der Waals surface area contributed by atoms with E-state index in [1.54, 1.807) is 0 Å². The monoisotopic (exact) mass is 440 g/mol. The van der Waals surface area contributed by atoms with E-state index in [1.807, 2.05) is 0 Å². The molecule has 0 aromatic heterocycles. The second-order valence-electron chi connectivity index (χ2n) is 5.84. The van der Waals surface area contributed by atoms with Gasteiger partial charge in [-0.2, -0.15) is 0 Å². The first-order valence-electron chi connectivity index (χ1n) is 8.00. The molecule has 0 fully saturated rings. The fourth-order valence-electron chi connectivity index (χ4n) is 2.45. The van der Waals surface area contributed by atoms with Crippen LogP contribution in [0, 0.1) is 17.5 Å². The molecule has 0 aliphatic rings. The van der Waals surface area contributed by atoms with Crippen LogP contribution in [-0.2, 0) is 10.0 Å². The van der Waals surface area contributed by atoms with Crippen LogP contribution in [0.3, 0.4) is 0 Å². The second-order valence-corrected chi connectivity index (χ2v) is 7.93. The van der Waals surface area contributed by atoms with Crippen LogP contribution in [0.5, 0.6) is 0 Å². The van der Waals surface area contributed by atoms with Crippen molar-refractivity contribution >= 4 is 38.9 Å². The molecule has 0 saturated carbocycles. The average Bonchev–Trinajstić information content (AvgIpc) is 2.63. The maximum atomic E-state index is 13.9. The zero-order valence-corrected chi connectivity index (χ0v) is 16.0. The second kappa shape index (κ2) is 8.14. The van der Waals surface area contributed by atoms with Crippen molar-refractivity contribution in [3.63, 3.8) is 0 Å². The van der Waals surface area contributed by atoms with Gasteiger partial charge in [0.2, 0.25) is 0 Å². The summed E-state index contributed by atoms with van der Waals surface area (Å²) in [5, 5.41) is 2.49. The number of hydrogen-bond donors (Lipinski definition) is 2. The smallest absolute Gasteiger partial charge is 0.264 e. The van der Waals surface area contributed by atoms with Gasteiger partial charge >= 0.3 is 0 Å². The predicted octanol–water partition coefficient (Wildman–Crippen LogP) is 4.81. The zero-order chi connectivity index (χ0) is 21.2. The van der Waals surface area contributed by atoms with Gasteiger partial charge in [0.15, 0.2) is 0 Å². The molecule has 0 spiro atoms. The highest BCUT2D eigenvalue weighted by molar-refractivity contribution is 7.92. The lowest BCUT2D eigenvalue weighted by atomic mass is 10.2. The Morgan fingerprint density at radius 2 is 1.52 bits per heavy atom. The van der Waals surface area contributed by atoms with Gasteiger partial charge in [0.1, 0.15) is 22.3 Å². The van der Waals surface area contributed by atoms with Gasteiger partial charge in [-0.1, -0.05) is 23.7 Å². The van der Waals surface area contributed by atoms with E-state index >= 15 is 0 Å². The molecule has 1 amide bonds. The first kappa shape index (κ1) is 20.7. The lowest BCUT2D eigenvalue weighted by Crippen LogP contribution is -2.18. The van der Waals surface area contributed by atoms with Gasteiger partial charge in [-0.05, 0) is 42.5 Å². The van der Waals surface area contributed by atoms with Crippen LogP contribution in [0.15, 0.2) is 65.6 Å². The van der Waals surface area contributed by atoms with Crippen molar-refractivity contribution in [1.29, 1.82) is 0 Å². The van der Waals surface area contributed by atoms with E-state index in [2.05, 4.69) is 10.0 Å². The van der Waals surface area contributed by atoms with Crippen molar-refractivity contribution in [3.8, 4) is 0 Å². The van der Waals surface area contributed by atoms with Crippen molar-refractivity contribution in [1.82, 2.24) is 0 Å². The molecule has 0 heterocycles. The number of benzene rings is 3. The molecule has 150 valence electrons. The molecule has 0 bridgehead atoms. The number of hydrogen-bond acceptors (Lipinski definition) is 3. The molecule has 5 nitrogen and oxygen atoms in total. The summed E-state index contributed by atoms with van der Waals surface area (Å²) in [6, 6.07) is 10.8. The van der Waals surface area contributed by atoms with E-state index in [0.29, 0.717) is 6.07 Å². The number of anilines is 2. The topological polar surface area (TPSA) is 75.3 Å². The average molecular weight is 441 g/mol. The quantitative estimate of drug-likeness (QED) is 0.597. The standard InChI is InChI=1S/C19H12ClF3N2O3S/c20-12-5-6-16(25-29(27,28)18-4-2-1-3-15(18)23)17(9-12)24-19(26)11-7-13(21)10-14(22)8-11/h1-10,25H,(H,24,26). The molecule has 0 atom stereocenters. The minimum Gasteiger partial charge on any atom is -0.320 e. The molecular formula is C19H12ClF3N2O3S. The maximum absolute atomic E-state index is 13.9. The van der Waals surface area contributed by atoms with E-state index in [0.717, 1.165) is 24.3 Å². The van der Waals surface area contributed by atoms with Crippen LogP contribution in [0.25, 0.3) is 0 Å². The number of rotatable bonds is 5. The van der Waals surface area contributed by atoms with Crippen LogP contribution < -0.4 is 10.0 Å². The lowest BCUT2D eigenvalue weighted by molar-refractivity contribution is 0.102. The molecule has 3 aromatic rings. The van der Waals surface area contributed by atoms with Crippen molar-refractivity contribution in [2.24, 2.45) is 0 Å². The Balaban J connectivity index is 1.94. The molecule has 2 N–H and O–H groups in total. The fraction of sp³-hybridized carbons (Fsp3) is 0. The summed E-state index contributed by atoms with van der Waals surface area (Å²) in [5.74, 6) is -3.78. The Morgan fingerprint density at radius 1 is 0.862 bits per heavy atom. The van der Waals surface area contributed by atoms with Gasteiger partial charge in [0.05, 0.1) is 11.4 Å². The molecule has 0 radical (unpaired) electrons. The van der Waals surface area contributed by atoms with Gasteiger partial charge < -0.3 is 5.32 Å². The van der Waals surface area contributed by atoms with Gasteiger partial charge in [0.25, 0.3) is 15.9 Å². The third-order valence-electron chi connectivity index (χ3n) is 3.73. The third-order valence-corrected chi connectivity index (χ3v) is 5.36. The van der Waals surface area contributed by atoms with E-state index < -0.39 is 38.3 Å². The number of halogens is 4. The Labute approximate surface area is 169 Å². The Bertz CT molecular complexity index is 1180. The Hall–Kier alpha value is -3.04. The van der Waals surface area contributed by atoms with E-state index in [-0.39, 0.29) is 22.0 Å². The van der Waals surface area contributed by atoms with Crippen molar-refractivity contribution < 1.29 is 26.4 Å². The van der Waals surface area contributed by atoms with Crippen LogP contribution in [-0.4, -0.2) is 14.3 Å². The zero-order valence-electron chi connectivity index (χ0n) is 14.4. The number of sulfonamides is 1. The Morgan fingerprint density at radius 3 is 2.17 bits per heavy atom. The third kappa shape index (κ3) is 4.87. The molecular weight excluding hydrogens is 429 g/mol. The molecule has 29 heavy (non-hydrogen) atoms. The minimum atomic E-state index is -4.33. The molecule has 0 unspecified atom stereocenters. The predicted molar refractivity (Wildman–Crippen MR) is 103 cm³/mol. The molecule has 10 heteroatoms. The van der Waals surface area contributed by atoms with Gasteiger partial charge in [0, 0.05) is 16.7 Å². The van der Waals surface area contributed by atoms with Crippen LogP contribution in [0.2, 0.25) is 5.02 Å². The van der Waals surface area contributed by atoms with Crippen LogP contribution >= 0.6 is 11.6 Å². The molecule has 3 aromatic carbocycles. The summed E-state index contributed by atoms with van der Waals surface area (Å²) in [6.45, 7) is 0. The molecule has 0 aliphatic carbocycles. The van der Waals surface area contributed by atoms with Crippen molar-refractivity contribution in [2.45, 2.75) is 4.90 Å². The lowest BCUT2D eigenvalue weighted by Gasteiger charge is -2.14. The van der Waals surface area contributed by atoms with E-state index in [4.69, 9.17) is 11.6 Å². The first-order valence-corrected chi connectivity index (χ1v) is 9.86. The highest BCUT2D eigenvalue weighted by Crippen LogP contribution is 2.29. The van der Waals surface area contributed by atoms with Crippen LogP contribution in [0.1, 0.15) is 10.4 Å². The van der Waals surface area contributed by atoms with E-state index in [1.165, 1.54) is 30.3 Å². The fourth-order valence-corrected chi connectivity index (χ4v) is 3.78. The number of amides is 1. The highest BCUT2D eigenvalue weighted by atomic mass is 35.5. The SMILES string of the molecule is O=C(Nc1cc(Cl)ccc1NS(=O)(=O)c1ccccc1F)c1cc(F)cc(F)c1. The summed E-state index contributed by atoms with van der Waals surface area (Å²) >= 11 is 5.90. The summed E-state index contributed by atoms with van der Waals surface area (Å²) in [7, 11) is -4.33. The summed E-state index contributed by atoms with van der Waals surface area (Å²) in [6.07, 6.45) is 0. The molecule has 0 saturated heterocycles. The van der Waals surface area contributed by atoms with Crippen LogP contribution in [0.4, 0.5) is 24.5 Å². The first-order chi connectivity index (χ1) is 13.7. The maximum Gasteiger partial charge on any atom is 0.264 e. The van der Waals surface area contributed by atoms with Crippen molar-refractivity contribution in [3.05, 3.63) is 88.7 Å². The summed E-state index contributed by atoms with van der Waals surface area (Å²) in [5.41, 5.74) is -0.541. The highest BCUT2D eigenvalue weighted by Gasteiger charge is 2.21. The molecule has 3 rings (SSSR count). The Kier molecular flexibility index (Phi) is 5.81. The van der Waals surface area contributed by atoms with Gasteiger partial charge in [-0.3, -0.25) is 9.52 Å². The largest absolute Gasteiger partial charge is 0.320 e. The molecule has 0 aliphatic heterocycles. The number of nitrogens with one attached hydrogen (secondary N) is 2. The minimum absolute atomic E-state index is 0.0907.